The second-order valence-electron chi connectivity index (χ2n) is 5.40. The molecule has 0 heterocycles. The summed E-state index contributed by atoms with van der Waals surface area (Å²) < 4.78 is 19.8. The van der Waals surface area contributed by atoms with Crippen LogP contribution in [0.15, 0.2) is 22.7 Å². The Morgan fingerprint density at radius 3 is 2.56 bits per heavy atom. The molecule has 1 rings (SSSR count). The van der Waals surface area contributed by atoms with E-state index in [4.69, 9.17) is 4.74 Å². The number of benzene rings is 1. The molecular weight excluding hydrogens is 297 g/mol. The minimum atomic E-state index is -0.885. The van der Waals surface area contributed by atoms with Crippen molar-refractivity contribution in [1.82, 2.24) is 5.32 Å². The lowest BCUT2D eigenvalue weighted by Gasteiger charge is -2.22. The molecule has 1 N–H and O–H groups in total. The highest BCUT2D eigenvalue weighted by atomic mass is 79.9. The number of rotatable bonds is 5. The van der Waals surface area contributed by atoms with E-state index >= 15 is 0 Å². The third kappa shape index (κ3) is 5.36. The summed E-state index contributed by atoms with van der Waals surface area (Å²) in [5, 5.41) is 3.17. The van der Waals surface area contributed by atoms with Crippen LogP contribution in [-0.2, 0) is 6.42 Å². The maximum absolute atomic E-state index is 13.8. The maximum Gasteiger partial charge on any atom is 0.133 e. The standard InChI is InChI=1S/C14H21BrFNO/c1-14(2,3)17-9-11(16)7-10-5-6-13(18-4)12(15)8-10/h5-6,8,11,17H,7,9H2,1-4H3. The van der Waals surface area contributed by atoms with Crippen LogP contribution < -0.4 is 10.1 Å². The summed E-state index contributed by atoms with van der Waals surface area (Å²) in [4.78, 5) is 0. The largest absolute Gasteiger partial charge is 0.496 e. The van der Waals surface area contributed by atoms with Gasteiger partial charge in [-0.05, 0) is 54.4 Å². The molecule has 1 unspecified atom stereocenters. The quantitative estimate of drug-likeness (QED) is 0.893. The van der Waals surface area contributed by atoms with Crippen LogP contribution in [0.4, 0.5) is 4.39 Å². The molecule has 2 nitrogen and oxygen atoms in total. The summed E-state index contributed by atoms with van der Waals surface area (Å²) in [7, 11) is 1.62. The third-order valence-electron chi connectivity index (χ3n) is 2.53. The van der Waals surface area contributed by atoms with Gasteiger partial charge in [-0.15, -0.1) is 0 Å². The number of hydrogen-bond donors (Lipinski definition) is 1. The van der Waals surface area contributed by atoms with Crippen molar-refractivity contribution in [3.05, 3.63) is 28.2 Å². The third-order valence-corrected chi connectivity index (χ3v) is 3.15. The molecule has 0 aromatic heterocycles. The molecule has 0 bridgehead atoms. The van der Waals surface area contributed by atoms with Gasteiger partial charge in [0.2, 0.25) is 0 Å². The van der Waals surface area contributed by atoms with Gasteiger partial charge in [0.15, 0.2) is 0 Å². The predicted octanol–water partition coefficient (Wildman–Crippen LogP) is 3.73. The Morgan fingerprint density at radius 2 is 2.06 bits per heavy atom. The molecule has 0 radical (unpaired) electrons. The summed E-state index contributed by atoms with van der Waals surface area (Å²) in [5.74, 6) is 0.766. The molecule has 1 atom stereocenters. The number of halogens is 2. The van der Waals surface area contributed by atoms with Crippen LogP contribution in [0.2, 0.25) is 0 Å². The van der Waals surface area contributed by atoms with Gasteiger partial charge >= 0.3 is 0 Å². The average Bonchev–Trinajstić information content (AvgIpc) is 2.26. The molecule has 0 spiro atoms. The van der Waals surface area contributed by atoms with Crippen molar-refractivity contribution in [3.8, 4) is 5.75 Å². The zero-order valence-electron chi connectivity index (χ0n) is 11.4. The lowest BCUT2D eigenvalue weighted by molar-refractivity contribution is 0.284. The first kappa shape index (κ1) is 15.4. The Kier molecular flexibility index (Phi) is 5.60. The van der Waals surface area contributed by atoms with Crippen molar-refractivity contribution in [2.75, 3.05) is 13.7 Å². The maximum atomic E-state index is 13.8. The topological polar surface area (TPSA) is 21.3 Å². The SMILES string of the molecule is COc1ccc(CC(F)CNC(C)(C)C)cc1Br. The molecule has 0 saturated carbocycles. The highest BCUT2D eigenvalue weighted by Gasteiger charge is 2.14. The molecule has 0 aliphatic heterocycles. The Balaban J connectivity index is 2.54. The van der Waals surface area contributed by atoms with Gasteiger partial charge in [-0.25, -0.2) is 4.39 Å². The fourth-order valence-electron chi connectivity index (χ4n) is 1.58. The van der Waals surface area contributed by atoms with Crippen LogP contribution in [0.3, 0.4) is 0 Å². The summed E-state index contributed by atoms with van der Waals surface area (Å²) in [6, 6.07) is 5.65. The lowest BCUT2D eigenvalue weighted by Crippen LogP contribution is -2.40. The van der Waals surface area contributed by atoms with Crippen LogP contribution in [-0.4, -0.2) is 25.4 Å². The first-order chi connectivity index (χ1) is 8.31. The van der Waals surface area contributed by atoms with E-state index in [-0.39, 0.29) is 5.54 Å². The summed E-state index contributed by atoms with van der Waals surface area (Å²) in [6.07, 6.45) is -0.476. The zero-order chi connectivity index (χ0) is 13.8. The van der Waals surface area contributed by atoms with Gasteiger partial charge in [-0.2, -0.15) is 0 Å². The number of nitrogens with one attached hydrogen (secondary N) is 1. The molecule has 0 aliphatic rings. The molecule has 4 heteroatoms. The monoisotopic (exact) mass is 317 g/mol. The number of hydrogen-bond acceptors (Lipinski definition) is 2. The molecule has 1 aromatic rings. The van der Waals surface area contributed by atoms with E-state index in [0.717, 1.165) is 15.8 Å². The van der Waals surface area contributed by atoms with Gasteiger partial charge in [0.25, 0.3) is 0 Å². The summed E-state index contributed by atoms with van der Waals surface area (Å²) >= 11 is 3.40. The Hall–Kier alpha value is -0.610. The number of methoxy groups -OCH3 is 1. The lowest BCUT2D eigenvalue weighted by atomic mass is 10.1. The first-order valence-corrected chi connectivity index (χ1v) is 6.82. The molecule has 0 amide bonds. The smallest absolute Gasteiger partial charge is 0.133 e. The highest BCUT2D eigenvalue weighted by Crippen LogP contribution is 2.26. The van der Waals surface area contributed by atoms with Crippen molar-refractivity contribution in [3.63, 3.8) is 0 Å². The zero-order valence-corrected chi connectivity index (χ0v) is 13.0. The van der Waals surface area contributed by atoms with E-state index in [2.05, 4.69) is 21.2 Å². The van der Waals surface area contributed by atoms with E-state index in [9.17, 15) is 4.39 Å². The molecule has 1 aromatic carbocycles. The average molecular weight is 318 g/mol. The van der Waals surface area contributed by atoms with Gasteiger partial charge in [0.1, 0.15) is 11.9 Å². The predicted molar refractivity (Wildman–Crippen MR) is 77.0 cm³/mol. The van der Waals surface area contributed by atoms with E-state index in [0.29, 0.717) is 13.0 Å². The number of alkyl halides is 1. The van der Waals surface area contributed by atoms with Crippen LogP contribution >= 0.6 is 15.9 Å². The summed E-state index contributed by atoms with van der Waals surface area (Å²) in [5.41, 5.74) is 0.913. The Bertz CT molecular complexity index is 390. The fourth-order valence-corrected chi connectivity index (χ4v) is 2.17. The van der Waals surface area contributed by atoms with Crippen LogP contribution in [0.5, 0.6) is 5.75 Å². The Morgan fingerprint density at radius 1 is 1.39 bits per heavy atom. The minimum absolute atomic E-state index is 0.0508. The second-order valence-corrected chi connectivity index (χ2v) is 6.26. The molecule has 0 aliphatic carbocycles. The van der Waals surface area contributed by atoms with Gasteiger partial charge in [-0.3, -0.25) is 0 Å². The molecule has 18 heavy (non-hydrogen) atoms. The highest BCUT2D eigenvalue weighted by molar-refractivity contribution is 9.10. The van der Waals surface area contributed by atoms with Crippen LogP contribution in [0.25, 0.3) is 0 Å². The van der Waals surface area contributed by atoms with Crippen LogP contribution in [0.1, 0.15) is 26.3 Å². The molecule has 102 valence electrons. The molecule has 0 saturated heterocycles. The van der Waals surface area contributed by atoms with Crippen molar-refractivity contribution in [2.24, 2.45) is 0 Å². The second kappa shape index (κ2) is 6.53. The van der Waals surface area contributed by atoms with Crippen molar-refractivity contribution in [1.29, 1.82) is 0 Å². The first-order valence-electron chi connectivity index (χ1n) is 6.03. The van der Waals surface area contributed by atoms with Crippen molar-refractivity contribution >= 4 is 15.9 Å². The Labute approximate surface area is 117 Å². The van der Waals surface area contributed by atoms with Gasteiger partial charge in [-0.1, -0.05) is 6.07 Å². The molecule has 0 fully saturated rings. The van der Waals surface area contributed by atoms with Crippen molar-refractivity contribution in [2.45, 2.75) is 38.9 Å². The fraction of sp³-hybridized carbons (Fsp3) is 0.571. The van der Waals surface area contributed by atoms with Crippen molar-refractivity contribution < 1.29 is 9.13 Å². The van der Waals surface area contributed by atoms with E-state index < -0.39 is 6.17 Å². The summed E-state index contributed by atoms with van der Waals surface area (Å²) in [6.45, 7) is 6.46. The van der Waals surface area contributed by atoms with Gasteiger partial charge in [0, 0.05) is 18.5 Å². The number of ether oxygens (including phenoxy) is 1. The normalized spacial score (nSPS) is 13.4. The van der Waals surface area contributed by atoms with E-state index in [1.807, 2.05) is 39.0 Å². The van der Waals surface area contributed by atoms with E-state index in [1.54, 1.807) is 7.11 Å². The minimum Gasteiger partial charge on any atom is -0.496 e. The van der Waals surface area contributed by atoms with Crippen LogP contribution in [0, 0.1) is 0 Å². The molecular formula is C14H21BrFNO. The van der Waals surface area contributed by atoms with Gasteiger partial charge < -0.3 is 10.1 Å². The van der Waals surface area contributed by atoms with E-state index in [1.165, 1.54) is 0 Å². The van der Waals surface area contributed by atoms with Gasteiger partial charge in [0.05, 0.1) is 11.6 Å².